The van der Waals surface area contributed by atoms with Gasteiger partial charge in [0.1, 0.15) is 0 Å². The minimum absolute atomic E-state index is 0.00120. The van der Waals surface area contributed by atoms with E-state index in [0.29, 0.717) is 6.54 Å². The van der Waals surface area contributed by atoms with Gasteiger partial charge in [0.2, 0.25) is 0 Å². The smallest absolute Gasteiger partial charge is 0.373 e. The first-order chi connectivity index (χ1) is 8.93. The second-order valence-corrected chi connectivity index (χ2v) is 5.57. The fourth-order valence-electron chi connectivity index (χ4n) is 2.63. The zero-order chi connectivity index (χ0) is 13.6. The molecule has 1 aromatic rings. The molecule has 106 valence electrons. The van der Waals surface area contributed by atoms with E-state index in [0.717, 1.165) is 31.9 Å². The van der Waals surface area contributed by atoms with Crippen LogP contribution < -0.4 is 0 Å². The molecule has 6 heteroatoms. The Labute approximate surface area is 109 Å². The summed E-state index contributed by atoms with van der Waals surface area (Å²) >= 11 is 0. The summed E-state index contributed by atoms with van der Waals surface area (Å²) in [6.07, 6.45) is 0.511. The van der Waals surface area contributed by atoms with Crippen LogP contribution in [0.15, 0.2) is 6.20 Å². The van der Waals surface area contributed by atoms with E-state index in [2.05, 4.69) is 5.10 Å². The molecular formula is C13H17F3N2O. The second-order valence-electron chi connectivity index (χ2n) is 5.57. The van der Waals surface area contributed by atoms with E-state index in [1.54, 1.807) is 0 Å². The zero-order valence-corrected chi connectivity index (χ0v) is 10.8. The van der Waals surface area contributed by atoms with Gasteiger partial charge >= 0.3 is 6.18 Å². The van der Waals surface area contributed by atoms with Crippen molar-refractivity contribution < 1.29 is 17.9 Å². The molecule has 1 saturated heterocycles. The van der Waals surface area contributed by atoms with Crippen LogP contribution in [0.25, 0.3) is 0 Å². The molecule has 0 amide bonds. The fourth-order valence-corrected chi connectivity index (χ4v) is 2.63. The van der Waals surface area contributed by atoms with Crippen molar-refractivity contribution in [3.05, 3.63) is 17.5 Å². The van der Waals surface area contributed by atoms with Crippen LogP contribution in [0.2, 0.25) is 0 Å². The summed E-state index contributed by atoms with van der Waals surface area (Å²) in [7, 11) is 0. The molecule has 2 aliphatic rings. The third-order valence-corrected chi connectivity index (χ3v) is 3.77. The summed E-state index contributed by atoms with van der Waals surface area (Å²) in [5.74, 6) is 0.00120. The first kappa shape index (κ1) is 13.0. The van der Waals surface area contributed by atoms with Crippen LogP contribution in [-0.2, 0) is 17.5 Å². The SMILES string of the molecule is CC1CCC(Cn2cc(C(F)(F)F)c(C3CC3)n2)O1. The average molecular weight is 274 g/mol. The van der Waals surface area contributed by atoms with Gasteiger partial charge in [-0.2, -0.15) is 18.3 Å². The Morgan fingerprint density at radius 1 is 1.32 bits per heavy atom. The lowest BCUT2D eigenvalue weighted by atomic mass is 10.2. The normalized spacial score (nSPS) is 28.0. The Morgan fingerprint density at radius 3 is 2.58 bits per heavy atom. The molecule has 2 unspecified atom stereocenters. The van der Waals surface area contributed by atoms with Crippen LogP contribution in [0.3, 0.4) is 0 Å². The van der Waals surface area contributed by atoms with Crippen molar-refractivity contribution in [2.75, 3.05) is 0 Å². The van der Waals surface area contributed by atoms with E-state index in [4.69, 9.17) is 4.74 Å². The van der Waals surface area contributed by atoms with Gasteiger partial charge in [0, 0.05) is 12.1 Å². The topological polar surface area (TPSA) is 27.1 Å². The van der Waals surface area contributed by atoms with Crippen LogP contribution in [0.4, 0.5) is 13.2 Å². The number of halogens is 3. The Bertz CT molecular complexity index is 465. The van der Waals surface area contributed by atoms with Crippen molar-refractivity contribution in [3.63, 3.8) is 0 Å². The summed E-state index contributed by atoms with van der Waals surface area (Å²) in [5, 5.41) is 4.14. The maximum absolute atomic E-state index is 12.9. The highest BCUT2D eigenvalue weighted by Gasteiger charge is 2.41. The van der Waals surface area contributed by atoms with Crippen LogP contribution in [0.1, 0.15) is 49.8 Å². The molecule has 0 N–H and O–H groups in total. The summed E-state index contributed by atoms with van der Waals surface area (Å²) in [6, 6.07) is 0. The summed E-state index contributed by atoms with van der Waals surface area (Å²) in [6.45, 7) is 2.40. The molecule has 2 heterocycles. The molecule has 0 aromatic carbocycles. The summed E-state index contributed by atoms with van der Waals surface area (Å²) < 4.78 is 45.9. The third kappa shape index (κ3) is 2.78. The molecule has 2 atom stereocenters. The molecule has 3 nitrogen and oxygen atoms in total. The third-order valence-electron chi connectivity index (χ3n) is 3.77. The molecule has 0 bridgehead atoms. The Kier molecular flexibility index (Phi) is 3.08. The first-order valence-corrected chi connectivity index (χ1v) is 6.73. The Morgan fingerprint density at radius 2 is 2.05 bits per heavy atom. The van der Waals surface area contributed by atoms with E-state index in [1.807, 2.05) is 6.92 Å². The lowest BCUT2D eigenvalue weighted by Gasteiger charge is -2.10. The minimum Gasteiger partial charge on any atom is -0.373 e. The number of aromatic nitrogens is 2. The molecule has 1 aliphatic carbocycles. The van der Waals surface area contributed by atoms with Gasteiger partial charge in [0.25, 0.3) is 0 Å². The molecule has 0 spiro atoms. The summed E-state index contributed by atoms with van der Waals surface area (Å²) in [4.78, 5) is 0. The molecule has 2 fully saturated rings. The standard InChI is InChI=1S/C13H17F3N2O/c1-8-2-5-10(19-8)6-18-7-11(13(14,15)16)12(17-18)9-3-4-9/h7-10H,2-6H2,1H3. The Balaban J connectivity index is 1.79. The molecule has 3 rings (SSSR count). The number of hydrogen-bond acceptors (Lipinski definition) is 2. The van der Waals surface area contributed by atoms with Crippen molar-refractivity contribution >= 4 is 0 Å². The van der Waals surface area contributed by atoms with Crippen molar-refractivity contribution in [1.29, 1.82) is 0 Å². The van der Waals surface area contributed by atoms with E-state index >= 15 is 0 Å². The van der Waals surface area contributed by atoms with E-state index in [1.165, 1.54) is 4.68 Å². The van der Waals surface area contributed by atoms with Gasteiger partial charge in [-0.3, -0.25) is 4.68 Å². The molecule has 0 radical (unpaired) electrons. The van der Waals surface area contributed by atoms with Crippen LogP contribution in [0, 0.1) is 0 Å². The van der Waals surface area contributed by atoms with Crippen molar-refractivity contribution in [2.45, 2.75) is 63.5 Å². The number of rotatable bonds is 3. The molecular weight excluding hydrogens is 257 g/mol. The van der Waals surface area contributed by atoms with Gasteiger partial charge in [0.15, 0.2) is 0 Å². The minimum atomic E-state index is -4.31. The maximum Gasteiger partial charge on any atom is 0.419 e. The van der Waals surface area contributed by atoms with Gasteiger partial charge in [-0.25, -0.2) is 0 Å². The van der Waals surface area contributed by atoms with E-state index < -0.39 is 11.7 Å². The zero-order valence-electron chi connectivity index (χ0n) is 10.8. The highest BCUT2D eigenvalue weighted by molar-refractivity contribution is 5.27. The Hall–Kier alpha value is -1.04. The monoisotopic (exact) mass is 274 g/mol. The van der Waals surface area contributed by atoms with Gasteiger partial charge in [-0.1, -0.05) is 0 Å². The van der Waals surface area contributed by atoms with E-state index in [-0.39, 0.29) is 23.8 Å². The van der Waals surface area contributed by atoms with E-state index in [9.17, 15) is 13.2 Å². The lowest BCUT2D eigenvalue weighted by Crippen LogP contribution is -2.17. The highest BCUT2D eigenvalue weighted by atomic mass is 19.4. The molecule has 1 aromatic heterocycles. The first-order valence-electron chi connectivity index (χ1n) is 6.73. The maximum atomic E-state index is 12.9. The predicted octanol–water partition coefficient (Wildman–Crippen LogP) is 3.35. The number of nitrogens with zero attached hydrogens (tertiary/aromatic N) is 2. The summed E-state index contributed by atoms with van der Waals surface area (Å²) in [5.41, 5.74) is -0.348. The van der Waals surface area contributed by atoms with Crippen molar-refractivity contribution in [2.24, 2.45) is 0 Å². The van der Waals surface area contributed by atoms with Gasteiger partial charge < -0.3 is 4.74 Å². The van der Waals surface area contributed by atoms with Crippen LogP contribution in [-0.4, -0.2) is 22.0 Å². The number of ether oxygens (including phenoxy) is 1. The molecule has 1 saturated carbocycles. The van der Waals surface area contributed by atoms with Gasteiger partial charge in [0.05, 0.1) is 30.0 Å². The number of alkyl halides is 3. The molecule has 1 aliphatic heterocycles. The van der Waals surface area contributed by atoms with Crippen molar-refractivity contribution in [3.8, 4) is 0 Å². The predicted molar refractivity (Wildman–Crippen MR) is 62.8 cm³/mol. The van der Waals surface area contributed by atoms with Gasteiger partial charge in [-0.05, 0) is 32.6 Å². The second kappa shape index (κ2) is 4.51. The number of hydrogen-bond donors (Lipinski definition) is 0. The van der Waals surface area contributed by atoms with Crippen molar-refractivity contribution in [1.82, 2.24) is 9.78 Å². The molecule has 19 heavy (non-hydrogen) atoms. The highest BCUT2D eigenvalue weighted by Crippen LogP contribution is 2.45. The van der Waals surface area contributed by atoms with Gasteiger partial charge in [-0.15, -0.1) is 0 Å². The average Bonchev–Trinajstić information content (AvgIpc) is 2.94. The lowest BCUT2D eigenvalue weighted by molar-refractivity contribution is -0.138. The quantitative estimate of drug-likeness (QED) is 0.845. The largest absolute Gasteiger partial charge is 0.419 e. The van der Waals surface area contributed by atoms with Crippen LogP contribution in [0.5, 0.6) is 0 Å². The van der Waals surface area contributed by atoms with Crippen LogP contribution >= 0.6 is 0 Å². The fraction of sp³-hybridized carbons (Fsp3) is 0.769.